The van der Waals surface area contributed by atoms with Crippen molar-refractivity contribution in [1.82, 2.24) is 9.88 Å². The lowest BCUT2D eigenvalue weighted by atomic mass is 10.0. The summed E-state index contributed by atoms with van der Waals surface area (Å²) in [4.78, 5) is 17.6. The van der Waals surface area contributed by atoms with E-state index >= 15 is 0 Å². The third-order valence-corrected chi connectivity index (χ3v) is 3.54. The van der Waals surface area contributed by atoms with Gasteiger partial charge in [-0.05, 0) is 24.3 Å². The number of benzene rings is 1. The van der Waals surface area contributed by atoms with Gasteiger partial charge in [-0.1, -0.05) is 0 Å². The molecule has 1 aromatic carbocycles. The molecular formula is C16H12F3N3O4. The molecule has 0 atom stereocenters. The first-order valence-electron chi connectivity index (χ1n) is 7.46. The van der Waals surface area contributed by atoms with Crippen LogP contribution in [-0.4, -0.2) is 35.2 Å². The minimum atomic E-state index is -4.76. The average Bonchev–Trinajstić information content (AvgIpc) is 3.01. The molecule has 0 unspecified atom stereocenters. The van der Waals surface area contributed by atoms with Crippen LogP contribution in [0.5, 0.6) is 11.5 Å². The van der Waals surface area contributed by atoms with Gasteiger partial charge in [-0.2, -0.15) is 5.26 Å². The molecule has 1 aliphatic rings. The molecule has 26 heavy (non-hydrogen) atoms. The van der Waals surface area contributed by atoms with E-state index in [1.165, 1.54) is 23.3 Å². The van der Waals surface area contributed by atoms with Crippen molar-refractivity contribution in [2.75, 3.05) is 13.1 Å². The number of ether oxygens (including phenoxy) is 2. The van der Waals surface area contributed by atoms with Gasteiger partial charge in [0.1, 0.15) is 17.8 Å². The highest BCUT2D eigenvalue weighted by molar-refractivity contribution is 5.92. The minimum Gasteiger partial charge on any atom is -0.484 e. The van der Waals surface area contributed by atoms with E-state index in [2.05, 4.69) is 15.8 Å². The molecule has 1 fully saturated rings. The Morgan fingerprint density at radius 3 is 2.58 bits per heavy atom. The van der Waals surface area contributed by atoms with Gasteiger partial charge in [0.25, 0.3) is 5.91 Å². The van der Waals surface area contributed by atoms with Crippen LogP contribution in [0.4, 0.5) is 13.2 Å². The molecule has 7 nitrogen and oxygen atoms in total. The van der Waals surface area contributed by atoms with Crippen LogP contribution < -0.4 is 9.47 Å². The molecule has 2 heterocycles. The Kier molecular flexibility index (Phi) is 4.71. The second kappa shape index (κ2) is 6.95. The van der Waals surface area contributed by atoms with E-state index < -0.39 is 6.36 Å². The fraction of sp³-hybridized carbons (Fsp3) is 0.312. The molecule has 0 radical (unpaired) electrons. The summed E-state index contributed by atoms with van der Waals surface area (Å²) in [5.74, 6) is -0.427. The summed E-state index contributed by atoms with van der Waals surface area (Å²) in [6, 6.07) is 6.90. The Hall–Kier alpha value is -3.22. The van der Waals surface area contributed by atoms with E-state index in [0.717, 1.165) is 12.1 Å². The molecule has 136 valence electrons. The van der Waals surface area contributed by atoms with Gasteiger partial charge in [0.05, 0.1) is 12.0 Å². The molecule has 0 spiro atoms. The molecule has 0 saturated carbocycles. The Morgan fingerprint density at radius 2 is 1.96 bits per heavy atom. The molecule has 0 bridgehead atoms. The van der Waals surface area contributed by atoms with Crippen molar-refractivity contribution in [3.8, 4) is 17.6 Å². The third kappa shape index (κ3) is 4.24. The summed E-state index contributed by atoms with van der Waals surface area (Å²) in [6.07, 6.45) is -3.56. The Morgan fingerprint density at radius 1 is 1.31 bits per heavy atom. The van der Waals surface area contributed by atoms with Crippen LogP contribution in [0, 0.1) is 17.2 Å². The fourth-order valence-corrected chi connectivity index (χ4v) is 2.25. The fourth-order valence-electron chi connectivity index (χ4n) is 2.25. The highest BCUT2D eigenvalue weighted by Gasteiger charge is 2.32. The highest BCUT2D eigenvalue weighted by atomic mass is 19.4. The van der Waals surface area contributed by atoms with Gasteiger partial charge >= 0.3 is 6.36 Å². The maximum Gasteiger partial charge on any atom is 0.573 e. The first kappa shape index (κ1) is 17.6. The molecule has 10 heteroatoms. The highest BCUT2D eigenvalue weighted by Crippen LogP contribution is 2.25. The summed E-state index contributed by atoms with van der Waals surface area (Å²) >= 11 is 0. The monoisotopic (exact) mass is 367 g/mol. The van der Waals surface area contributed by atoms with E-state index in [-0.39, 0.29) is 41.5 Å². The van der Waals surface area contributed by atoms with E-state index in [1.807, 2.05) is 0 Å². The number of rotatable bonds is 5. The molecule has 0 aliphatic carbocycles. The smallest absolute Gasteiger partial charge is 0.484 e. The van der Waals surface area contributed by atoms with Gasteiger partial charge in [0.2, 0.25) is 5.89 Å². The molecule has 2 aromatic rings. The Bertz CT molecular complexity index is 821. The molecular weight excluding hydrogens is 355 g/mol. The Balaban J connectivity index is 1.52. The predicted molar refractivity (Wildman–Crippen MR) is 79.0 cm³/mol. The molecule has 3 rings (SSSR count). The number of alkyl halides is 3. The van der Waals surface area contributed by atoms with Crippen molar-refractivity contribution >= 4 is 5.91 Å². The minimum absolute atomic E-state index is 0.104. The van der Waals surface area contributed by atoms with Crippen molar-refractivity contribution in [1.29, 1.82) is 5.26 Å². The molecule has 0 N–H and O–H groups in total. The SMILES string of the molecule is N#CC1CN(C(=O)c2coc(COc3ccc(OC(F)(F)F)cc3)n2)C1. The third-order valence-electron chi connectivity index (χ3n) is 3.54. The van der Waals surface area contributed by atoms with Crippen molar-refractivity contribution in [3.05, 3.63) is 42.1 Å². The zero-order valence-corrected chi connectivity index (χ0v) is 13.2. The number of amides is 1. The number of nitriles is 1. The van der Waals surface area contributed by atoms with Crippen molar-refractivity contribution < 1.29 is 31.9 Å². The number of hydrogen-bond acceptors (Lipinski definition) is 6. The quantitative estimate of drug-likeness (QED) is 0.807. The van der Waals surface area contributed by atoms with Crippen LogP contribution in [0.25, 0.3) is 0 Å². The number of halogens is 3. The van der Waals surface area contributed by atoms with Gasteiger partial charge in [0, 0.05) is 13.1 Å². The maximum atomic E-state index is 12.1. The summed E-state index contributed by atoms with van der Waals surface area (Å²) < 4.78 is 50.5. The number of oxazole rings is 1. The summed E-state index contributed by atoms with van der Waals surface area (Å²) in [7, 11) is 0. The largest absolute Gasteiger partial charge is 0.573 e. The number of nitrogens with zero attached hydrogens (tertiary/aromatic N) is 3. The van der Waals surface area contributed by atoms with Crippen LogP contribution in [-0.2, 0) is 6.61 Å². The zero-order chi connectivity index (χ0) is 18.7. The van der Waals surface area contributed by atoms with E-state index in [4.69, 9.17) is 14.4 Å². The Labute approximate surface area is 145 Å². The summed E-state index contributed by atoms with van der Waals surface area (Å²) in [5.41, 5.74) is 0.105. The standard InChI is InChI=1S/C16H12F3N3O4/c17-16(18,19)26-12-3-1-11(2-4-12)24-9-14-21-13(8-25-14)15(23)22-6-10(5-20)7-22/h1-4,8,10H,6-7,9H2. The lowest BCUT2D eigenvalue weighted by Gasteiger charge is -2.34. The number of carbonyl (C=O) groups is 1. The zero-order valence-electron chi connectivity index (χ0n) is 13.2. The van der Waals surface area contributed by atoms with Gasteiger partial charge in [0.15, 0.2) is 12.3 Å². The van der Waals surface area contributed by atoms with Crippen LogP contribution in [0.3, 0.4) is 0 Å². The topological polar surface area (TPSA) is 88.6 Å². The van der Waals surface area contributed by atoms with Crippen molar-refractivity contribution in [3.63, 3.8) is 0 Å². The van der Waals surface area contributed by atoms with E-state index in [0.29, 0.717) is 13.1 Å². The average molecular weight is 367 g/mol. The lowest BCUT2D eigenvalue weighted by molar-refractivity contribution is -0.274. The molecule has 1 aromatic heterocycles. The number of carbonyl (C=O) groups excluding carboxylic acids is 1. The van der Waals surface area contributed by atoms with Gasteiger partial charge in [-0.3, -0.25) is 4.79 Å². The molecule has 1 saturated heterocycles. The lowest BCUT2D eigenvalue weighted by Crippen LogP contribution is -2.49. The summed E-state index contributed by atoms with van der Waals surface area (Å²) in [6.45, 7) is 0.619. The van der Waals surface area contributed by atoms with E-state index in [1.54, 1.807) is 0 Å². The van der Waals surface area contributed by atoms with Crippen LogP contribution in [0.2, 0.25) is 0 Å². The molecule has 1 aliphatic heterocycles. The predicted octanol–water partition coefficient (Wildman–Crippen LogP) is 2.75. The maximum absolute atomic E-state index is 12.1. The number of hydrogen-bond donors (Lipinski definition) is 0. The number of aromatic nitrogens is 1. The van der Waals surface area contributed by atoms with Gasteiger partial charge in [-0.25, -0.2) is 4.98 Å². The molecule has 1 amide bonds. The first-order chi connectivity index (χ1) is 12.3. The second-order valence-corrected chi connectivity index (χ2v) is 5.47. The first-order valence-corrected chi connectivity index (χ1v) is 7.46. The van der Waals surface area contributed by atoms with E-state index in [9.17, 15) is 18.0 Å². The number of likely N-dealkylation sites (tertiary alicyclic amines) is 1. The second-order valence-electron chi connectivity index (χ2n) is 5.47. The normalized spacial score (nSPS) is 14.5. The van der Waals surface area contributed by atoms with Crippen molar-refractivity contribution in [2.45, 2.75) is 13.0 Å². The van der Waals surface area contributed by atoms with Crippen LogP contribution in [0.15, 0.2) is 34.9 Å². The van der Waals surface area contributed by atoms with Gasteiger partial charge in [-0.15, -0.1) is 13.2 Å². The summed E-state index contributed by atoms with van der Waals surface area (Å²) in [5, 5.41) is 8.71. The van der Waals surface area contributed by atoms with Crippen LogP contribution in [0.1, 0.15) is 16.4 Å². The van der Waals surface area contributed by atoms with Crippen LogP contribution >= 0.6 is 0 Å². The van der Waals surface area contributed by atoms with Gasteiger partial charge < -0.3 is 18.8 Å². The van der Waals surface area contributed by atoms with Crippen molar-refractivity contribution in [2.24, 2.45) is 5.92 Å².